The van der Waals surface area contributed by atoms with Crippen LogP contribution in [0.4, 0.5) is 13.2 Å². The minimum absolute atomic E-state index is 0.290. The lowest BCUT2D eigenvalue weighted by Crippen LogP contribution is -2.48. The van der Waals surface area contributed by atoms with Crippen LogP contribution in [0.5, 0.6) is 0 Å². The molecule has 26 heavy (non-hydrogen) atoms. The number of hydrogen-bond acceptors (Lipinski definition) is 3. The van der Waals surface area contributed by atoms with E-state index in [1.165, 1.54) is 6.07 Å². The molecule has 3 nitrogen and oxygen atoms in total. The van der Waals surface area contributed by atoms with Gasteiger partial charge in [0.25, 0.3) is 0 Å². The van der Waals surface area contributed by atoms with E-state index < -0.39 is 17.3 Å². The zero-order valence-electron chi connectivity index (χ0n) is 15.6. The van der Waals surface area contributed by atoms with Crippen molar-refractivity contribution >= 4 is 0 Å². The van der Waals surface area contributed by atoms with E-state index >= 15 is 0 Å². The number of hydrogen-bond donors (Lipinski definition) is 1. The molecular formula is C20H29F3N2O. The Morgan fingerprint density at radius 1 is 1.04 bits per heavy atom. The number of rotatable bonds is 3. The van der Waals surface area contributed by atoms with Gasteiger partial charge < -0.3 is 14.9 Å². The summed E-state index contributed by atoms with van der Waals surface area (Å²) in [5.74, 6) is 0. The summed E-state index contributed by atoms with van der Waals surface area (Å²) in [7, 11) is 2.15. The van der Waals surface area contributed by atoms with E-state index in [-0.39, 0.29) is 5.41 Å². The smallest absolute Gasteiger partial charge is 0.385 e. The fourth-order valence-electron chi connectivity index (χ4n) is 4.21. The van der Waals surface area contributed by atoms with Gasteiger partial charge in [-0.15, -0.1) is 0 Å². The Hall–Kier alpha value is -1.11. The molecule has 0 aliphatic carbocycles. The summed E-state index contributed by atoms with van der Waals surface area (Å²) in [5.41, 5.74) is -1.17. The third-order valence-electron chi connectivity index (χ3n) is 6.21. The van der Waals surface area contributed by atoms with Crippen molar-refractivity contribution in [2.45, 2.75) is 44.4 Å². The highest BCUT2D eigenvalue weighted by molar-refractivity contribution is 5.30. The van der Waals surface area contributed by atoms with Gasteiger partial charge in [-0.05, 0) is 68.9 Å². The van der Waals surface area contributed by atoms with E-state index in [0.717, 1.165) is 57.7 Å². The van der Waals surface area contributed by atoms with Gasteiger partial charge in [-0.3, -0.25) is 0 Å². The van der Waals surface area contributed by atoms with E-state index in [1.807, 2.05) is 0 Å². The molecule has 0 radical (unpaired) electrons. The molecule has 2 saturated heterocycles. The van der Waals surface area contributed by atoms with Gasteiger partial charge in [0.2, 0.25) is 0 Å². The lowest BCUT2D eigenvalue weighted by atomic mass is 9.78. The third kappa shape index (κ3) is 4.41. The number of piperidine rings is 2. The molecular weight excluding hydrogens is 341 g/mol. The average Bonchev–Trinajstić information content (AvgIpc) is 2.60. The molecule has 2 aliphatic rings. The zero-order chi connectivity index (χ0) is 19.0. The van der Waals surface area contributed by atoms with E-state index in [0.29, 0.717) is 18.4 Å². The lowest BCUT2D eigenvalue weighted by molar-refractivity contribution is -0.137. The van der Waals surface area contributed by atoms with Crippen LogP contribution in [-0.2, 0) is 11.8 Å². The number of alkyl halides is 3. The van der Waals surface area contributed by atoms with E-state index in [9.17, 15) is 18.3 Å². The van der Waals surface area contributed by atoms with Gasteiger partial charge in [0, 0.05) is 19.6 Å². The molecule has 2 fully saturated rings. The molecule has 1 aromatic rings. The van der Waals surface area contributed by atoms with Crippen molar-refractivity contribution < 1.29 is 18.3 Å². The Labute approximate surface area is 153 Å². The maximum Gasteiger partial charge on any atom is 0.416 e. The average molecular weight is 370 g/mol. The quantitative estimate of drug-likeness (QED) is 0.879. The zero-order valence-corrected chi connectivity index (χ0v) is 15.6. The van der Waals surface area contributed by atoms with Crippen molar-refractivity contribution in [2.75, 3.05) is 39.8 Å². The summed E-state index contributed by atoms with van der Waals surface area (Å²) in [6, 6.07) is 5.17. The summed E-state index contributed by atoms with van der Waals surface area (Å²) in [6.07, 6.45) is -1.10. The Kier molecular flexibility index (Phi) is 5.39. The molecule has 2 heterocycles. The molecule has 0 unspecified atom stereocenters. The molecule has 0 amide bonds. The van der Waals surface area contributed by atoms with Crippen molar-refractivity contribution in [1.29, 1.82) is 0 Å². The second-order valence-electron chi connectivity index (χ2n) is 8.50. The van der Waals surface area contributed by atoms with Gasteiger partial charge in [-0.1, -0.05) is 19.1 Å². The standard InChI is InChI=1S/C20H29F3N2O/c1-18(6-10-24(2)11-7-18)15-25-12-8-19(26,9-13-25)16-4-3-5-17(14-16)20(21,22)23/h3-5,14,26H,6-13,15H2,1-2H3. The SMILES string of the molecule is CN1CCC(C)(CN2CCC(O)(c3cccc(C(F)(F)F)c3)CC2)CC1. The highest BCUT2D eigenvalue weighted by Gasteiger charge is 2.39. The number of likely N-dealkylation sites (tertiary alicyclic amines) is 2. The summed E-state index contributed by atoms with van der Waals surface area (Å²) in [6.45, 7) is 6.99. The van der Waals surface area contributed by atoms with Gasteiger partial charge in [0.1, 0.15) is 0 Å². The first-order valence-corrected chi connectivity index (χ1v) is 9.41. The first-order chi connectivity index (χ1) is 12.1. The summed E-state index contributed by atoms with van der Waals surface area (Å²) in [4.78, 5) is 4.72. The fourth-order valence-corrected chi connectivity index (χ4v) is 4.21. The Morgan fingerprint density at radius 3 is 2.23 bits per heavy atom. The van der Waals surface area contributed by atoms with Crippen LogP contribution in [0.25, 0.3) is 0 Å². The molecule has 0 spiro atoms. The van der Waals surface area contributed by atoms with Crippen LogP contribution >= 0.6 is 0 Å². The van der Waals surface area contributed by atoms with Crippen LogP contribution in [0.1, 0.15) is 43.7 Å². The lowest BCUT2D eigenvalue weighted by Gasteiger charge is -2.45. The van der Waals surface area contributed by atoms with Crippen molar-refractivity contribution in [3.05, 3.63) is 35.4 Å². The normalized spacial score (nSPS) is 24.5. The van der Waals surface area contributed by atoms with Gasteiger partial charge in [-0.2, -0.15) is 13.2 Å². The molecule has 3 rings (SSSR count). The van der Waals surface area contributed by atoms with Crippen LogP contribution < -0.4 is 0 Å². The predicted molar refractivity (Wildman–Crippen MR) is 95.9 cm³/mol. The van der Waals surface area contributed by atoms with E-state index in [2.05, 4.69) is 23.8 Å². The number of halogens is 3. The molecule has 0 atom stereocenters. The Morgan fingerprint density at radius 2 is 1.65 bits per heavy atom. The van der Waals surface area contributed by atoms with Crippen molar-refractivity contribution in [1.82, 2.24) is 9.80 Å². The molecule has 0 aromatic heterocycles. The van der Waals surface area contributed by atoms with E-state index in [1.54, 1.807) is 6.07 Å². The maximum atomic E-state index is 13.0. The minimum Gasteiger partial charge on any atom is -0.385 e. The topological polar surface area (TPSA) is 26.7 Å². The molecule has 0 bridgehead atoms. The van der Waals surface area contributed by atoms with Crippen LogP contribution in [0.15, 0.2) is 24.3 Å². The van der Waals surface area contributed by atoms with Crippen LogP contribution in [0, 0.1) is 5.41 Å². The molecule has 1 aromatic carbocycles. The molecule has 2 aliphatic heterocycles. The van der Waals surface area contributed by atoms with Crippen LogP contribution in [-0.4, -0.2) is 54.7 Å². The van der Waals surface area contributed by atoms with E-state index in [4.69, 9.17) is 0 Å². The van der Waals surface area contributed by atoms with Crippen molar-refractivity contribution in [3.63, 3.8) is 0 Å². The monoisotopic (exact) mass is 370 g/mol. The second kappa shape index (κ2) is 7.13. The number of benzene rings is 1. The third-order valence-corrected chi connectivity index (χ3v) is 6.21. The van der Waals surface area contributed by atoms with Crippen LogP contribution in [0.3, 0.4) is 0 Å². The Bertz CT molecular complexity index is 616. The predicted octanol–water partition coefficient (Wildman–Crippen LogP) is 3.72. The number of nitrogens with zero attached hydrogens (tertiary/aromatic N) is 2. The Balaban J connectivity index is 1.62. The molecule has 6 heteroatoms. The second-order valence-corrected chi connectivity index (χ2v) is 8.50. The summed E-state index contributed by atoms with van der Waals surface area (Å²) in [5, 5.41) is 11.0. The van der Waals surface area contributed by atoms with Gasteiger partial charge >= 0.3 is 6.18 Å². The highest BCUT2D eigenvalue weighted by Crippen LogP contribution is 2.38. The summed E-state index contributed by atoms with van der Waals surface area (Å²) < 4.78 is 38.9. The molecule has 1 N–H and O–H groups in total. The van der Waals surface area contributed by atoms with Crippen LogP contribution in [0.2, 0.25) is 0 Å². The molecule has 0 saturated carbocycles. The largest absolute Gasteiger partial charge is 0.416 e. The van der Waals surface area contributed by atoms with Crippen molar-refractivity contribution in [2.24, 2.45) is 5.41 Å². The molecule has 146 valence electrons. The highest BCUT2D eigenvalue weighted by atomic mass is 19.4. The number of aliphatic hydroxyl groups is 1. The van der Waals surface area contributed by atoms with Gasteiger partial charge in [0.15, 0.2) is 0 Å². The first-order valence-electron chi connectivity index (χ1n) is 9.41. The minimum atomic E-state index is -4.38. The maximum absolute atomic E-state index is 13.0. The first kappa shape index (κ1) is 19.6. The van der Waals surface area contributed by atoms with Crippen molar-refractivity contribution in [3.8, 4) is 0 Å². The van der Waals surface area contributed by atoms with Gasteiger partial charge in [-0.25, -0.2) is 0 Å². The fraction of sp³-hybridized carbons (Fsp3) is 0.700. The summed E-state index contributed by atoms with van der Waals surface area (Å²) >= 11 is 0. The van der Waals surface area contributed by atoms with Gasteiger partial charge in [0.05, 0.1) is 11.2 Å².